The molecule has 0 spiro atoms. The van der Waals surface area contributed by atoms with E-state index in [1.807, 2.05) is 30.3 Å². The lowest BCUT2D eigenvalue weighted by atomic mass is 10.0. The molecule has 0 saturated carbocycles. The molecule has 7 heteroatoms. The first-order valence-electron chi connectivity index (χ1n) is 10.4. The van der Waals surface area contributed by atoms with Crippen molar-refractivity contribution in [1.82, 2.24) is 24.5 Å². The molecule has 0 fully saturated rings. The topological polar surface area (TPSA) is 55.6 Å². The molecule has 0 atom stereocenters. The number of thiophene rings is 1. The van der Waals surface area contributed by atoms with Crippen LogP contribution in [0.4, 0.5) is 0 Å². The summed E-state index contributed by atoms with van der Waals surface area (Å²) in [5.74, 6) is 1.48. The molecule has 0 saturated heterocycles. The van der Waals surface area contributed by atoms with Crippen LogP contribution in [0.3, 0.4) is 0 Å². The van der Waals surface area contributed by atoms with Crippen LogP contribution in [0.2, 0.25) is 0 Å². The standard InChI is InChI=1S/C24H21N5OS/c1-3-7-17(8-4-1)13-28-12-11-19-20(14-28)31-24-22(19)23-26-21(27-29(23)16-25-24)15-30-18-9-5-2-6-10-18/h1-10,16H,11-15H2. The third-order valence-electron chi connectivity index (χ3n) is 5.66. The van der Waals surface area contributed by atoms with Gasteiger partial charge in [0.1, 0.15) is 23.5 Å². The van der Waals surface area contributed by atoms with Gasteiger partial charge in [-0.05, 0) is 29.7 Å². The maximum atomic E-state index is 5.84. The van der Waals surface area contributed by atoms with E-state index in [0.717, 1.165) is 47.7 Å². The second kappa shape index (κ2) is 7.76. The minimum atomic E-state index is 0.338. The highest BCUT2D eigenvalue weighted by atomic mass is 32.1. The quantitative estimate of drug-likeness (QED) is 0.414. The van der Waals surface area contributed by atoms with Crippen molar-refractivity contribution in [3.05, 3.63) is 88.8 Å². The third-order valence-corrected chi connectivity index (χ3v) is 6.79. The molecule has 0 radical (unpaired) electrons. The summed E-state index contributed by atoms with van der Waals surface area (Å²) in [6.45, 7) is 3.30. The molecule has 5 aromatic rings. The zero-order chi connectivity index (χ0) is 20.6. The van der Waals surface area contributed by atoms with Gasteiger partial charge in [-0.25, -0.2) is 14.5 Å². The van der Waals surface area contributed by atoms with Gasteiger partial charge in [0.25, 0.3) is 0 Å². The third kappa shape index (κ3) is 3.56. The Bertz CT molecular complexity index is 1350. The van der Waals surface area contributed by atoms with Crippen LogP contribution in [0.15, 0.2) is 67.0 Å². The van der Waals surface area contributed by atoms with Crippen molar-refractivity contribution >= 4 is 27.2 Å². The summed E-state index contributed by atoms with van der Waals surface area (Å²) in [5.41, 5.74) is 3.61. The van der Waals surface area contributed by atoms with E-state index in [2.05, 4.69) is 45.3 Å². The highest BCUT2D eigenvalue weighted by molar-refractivity contribution is 7.19. The zero-order valence-electron chi connectivity index (χ0n) is 16.9. The number of hydrogen-bond donors (Lipinski definition) is 0. The Morgan fingerprint density at radius 1 is 1.00 bits per heavy atom. The van der Waals surface area contributed by atoms with Crippen molar-refractivity contribution in [2.45, 2.75) is 26.1 Å². The van der Waals surface area contributed by atoms with E-state index in [9.17, 15) is 0 Å². The predicted octanol–water partition coefficient (Wildman–Crippen LogP) is 4.48. The van der Waals surface area contributed by atoms with Gasteiger partial charge >= 0.3 is 0 Å². The highest BCUT2D eigenvalue weighted by Gasteiger charge is 2.24. The summed E-state index contributed by atoms with van der Waals surface area (Å²) in [7, 11) is 0. The Balaban J connectivity index is 1.28. The molecule has 31 heavy (non-hydrogen) atoms. The average Bonchev–Trinajstić information content (AvgIpc) is 3.39. The lowest BCUT2D eigenvalue weighted by Crippen LogP contribution is -2.29. The van der Waals surface area contributed by atoms with Gasteiger partial charge in [0, 0.05) is 24.5 Å². The van der Waals surface area contributed by atoms with Crippen LogP contribution in [0.25, 0.3) is 15.9 Å². The summed E-state index contributed by atoms with van der Waals surface area (Å²) < 4.78 is 7.62. The monoisotopic (exact) mass is 427 g/mol. The molecule has 0 bridgehead atoms. The number of fused-ring (bicyclic) bond motifs is 5. The molecule has 0 aliphatic carbocycles. The Kier molecular flexibility index (Phi) is 4.62. The first-order chi connectivity index (χ1) is 15.3. The molecule has 1 aliphatic rings. The van der Waals surface area contributed by atoms with Gasteiger partial charge in [-0.1, -0.05) is 48.5 Å². The van der Waals surface area contributed by atoms with Crippen LogP contribution in [0.1, 0.15) is 21.8 Å². The van der Waals surface area contributed by atoms with Gasteiger partial charge in [-0.15, -0.1) is 16.4 Å². The van der Waals surface area contributed by atoms with E-state index in [4.69, 9.17) is 9.72 Å². The van der Waals surface area contributed by atoms with Crippen LogP contribution in [0, 0.1) is 0 Å². The first kappa shape index (κ1) is 18.5. The fraction of sp³-hybridized carbons (Fsp3) is 0.208. The molecular weight excluding hydrogens is 406 g/mol. The van der Waals surface area contributed by atoms with Gasteiger partial charge in [0.05, 0.1) is 5.39 Å². The molecule has 0 N–H and O–H groups in total. The Morgan fingerprint density at radius 2 is 1.81 bits per heavy atom. The molecule has 6 nitrogen and oxygen atoms in total. The molecule has 0 amide bonds. The normalized spacial score (nSPS) is 14.2. The Hall–Kier alpha value is -3.29. The van der Waals surface area contributed by atoms with E-state index in [-0.39, 0.29) is 0 Å². The number of hydrogen-bond acceptors (Lipinski definition) is 6. The van der Waals surface area contributed by atoms with Gasteiger partial charge in [0.2, 0.25) is 0 Å². The Morgan fingerprint density at radius 3 is 2.65 bits per heavy atom. The summed E-state index contributed by atoms with van der Waals surface area (Å²) in [6.07, 6.45) is 2.77. The minimum Gasteiger partial charge on any atom is -0.486 e. The molecule has 2 aromatic carbocycles. The first-order valence-corrected chi connectivity index (χ1v) is 11.2. The lowest BCUT2D eigenvalue weighted by Gasteiger charge is -2.26. The highest BCUT2D eigenvalue weighted by Crippen LogP contribution is 2.36. The number of benzene rings is 2. The average molecular weight is 428 g/mol. The largest absolute Gasteiger partial charge is 0.486 e. The molecule has 1 aliphatic heterocycles. The van der Waals surface area contributed by atoms with Crippen molar-refractivity contribution in [3.8, 4) is 5.75 Å². The van der Waals surface area contributed by atoms with Crippen LogP contribution in [0.5, 0.6) is 5.75 Å². The number of nitrogens with zero attached hydrogens (tertiary/aromatic N) is 5. The number of aromatic nitrogens is 4. The fourth-order valence-corrected chi connectivity index (χ4v) is 5.42. The smallest absolute Gasteiger partial charge is 0.189 e. The van der Waals surface area contributed by atoms with E-state index in [0.29, 0.717) is 12.4 Å². The summed E-state index contributed by atoms with van der Waals surface area (Å²) in [5, 5.41) is 5.74. The van der Waals surface area contributed by atoms with Crippen LogP contribution >= 0.6 is 11.3 Å². The molecular formula is C24H21N5OS. The summed E-state index contributed by atoms with van der Waals surface area (Å²) >= 11 is 1.78. The molecule has 4 heterocycles. The summed E-state index contributed by atoms with van der Waals surface area (Å²) in [6, 6.07) is 20.4. The van der Waals surface area contributed by atoms with Gasteiger partial charge in [-0.3, -0.25) is 4.90 Å². The van der Waals surface area contributed by atoms with Crippen molar-refractivity contribution < 1.29 is 4.74 Å². The van der Waals surface area contributed by atoms with Gasteiger partial charge < -0.3 is 4.74 Å². The van der Waals surface area contributed by atoms with Crippen LogP contribution < -0.4 is 4.74 Å². The minimum absolute atomic E-state index is 0.338. The Labute approximate surface area is 183 Å². The van der Waals surface area contributed by atoms with Crippen molar-refractivity contribution in [2.24, 2.45) is 0 Å². The van der Waals surface area contributed by atoms with E-state index in [1.165, 1.54) is 16.0 Å². The van der Waals surface area contributed by atoms with E-state index < -0.39 is 0 Å². The predicted molar refractivity (Wildman–Crippen MR) is 121 cm³/mol. The number of ether oxygens (including phenoxy) is 1. The number of para-hydroxylation sites is 1. The van der Waals surface area contributed by atoms with Crippen molar-refractivity contribution in [2.75, 3.05) is 6.54 Å². The van der Waals surface area contributed by atoms with Gasteiger partial charge in [-0.2, -0.15) is 0 Å². The maximum Gasteiger partial charge on any atom is 0.189 e. The van der Waals surface area contributed by atoms with Crippen molar-refractivity contribution in [3.63, 3.8) is 0 Å². The molecule has 0 unspecified atom stereocenters. The van der Waals surface area contributed by atoms with E-state index in [1.54, 1.807) is 22.2 Å². The number of rotatable bonds is 5. The molecule has 154 valence electrons. The van der Waals surface area contributed by atoms with E-state index >= 15 is 0 Å². The second-order valence-electron chi connectivity index (χ2n) is 7.77. The maximum absolute atomic E-state index is 5.84. The lowest BCUT2D eigenvalue weighted by molar-refractivity contribution is 0.249. The summed E-state index contributed by atoms with van der Waals surface area (Å²) in [4.78, 5) is 14.4. The zero-order valence-corrected chi connectivity index (χ0v) is 17.8. The van der Waals surface area contributed by atoms with Crippen molar-refractivity contribution in [1.29, 1.82) is 0 Å². The fourth-order valence-electron chi connectivity index (χ4n) is 4.19. The molecule has 6 rings (SSSR count). The molecule has 3 aromatic heterocycles. The van der Waals surface area contributed by atoms with Crippen LogP contribution in [-0.2, 0) is 26.1 Å². The van der Waals surface area contributed by atoms with Gasteiger partial charge in [0.15, 0.2) is 11.5 Å². The second-order valence-corrected chi connectivity index (χ2v) is 8.86. The van der Waals surface area contributed by atoms with Crippen LogP contribution in [-0.4, -0.2) is 31.0 Å². The SMILES string of the molecule is c1ccc(CN2CCc3c(sc4ncn5nc(COc6ccccc6)nc5c34)C2)cc1.